The van der Waals surface area contributed by atoms with E-state index in [2.05, 4.69) is 15.2 Å². The summed E-state index contributed by atoms with van der Waals surface area (Å²) in [6, 6.07) is 13.3. The number of carbonyl (C=O) groups excluding carboxylic acids is 2. The van der Waals surface area contributed by atoms with Gasteiger partial charge in [-0.1, -0.05) is 30.0 Å². The number of benzene rings is 2. The molecular weight excluding hydrogens is 418 g/mol. The standard InChI is InChI=1S/C21H17N5O4S/c22-21(25-24-11-13-10-23-16-4-2-1-3-15(13)16)31-17-9-18(27)26(19(17)28)14-7-5-12(6-8-14)20(29)30/h1-8,10-11,17,23H,9H2,(H2,22,25)(H,29,30). The summed E-state index contributed by atoms with van der Waals surface area (Å²) in [6.45, 7) is 0. The molecule has 1 aromatic heterocycles. The number of rotatable bonds is 5. The summed E-state index contributed by atoms with van der Waals surface area (Å²) >= 11 is 0.966. The van der Waals surface area contributed by atoms with E-state index >= 15 is 0 Å². The van der Waals surface area contributed by atoms with Crippen molar-refractivity contribution >= 4 is 57.5 Å². The molecule has 0 radical (unpaired) electrons. The Morgan fingerprint density at radius 3 is 2.68 bits per heavy atom. The van der Waals surface area contributed by atoms with Gasteiger partial charge in [-0.25, -0.2) is 9.69 Å². The van der Waals surface area contributed by atoms with E-state index in [1.807, 2.05) is 24.3 Å². The molecule has 1 aliphatic rings. The lowest BCUT2D eigenvalue weighted by atomic mass is 10.2. The topological polar surface area (TPSA) is 141 Å². The zero-order valence-corrected chi connectivity index (χ0v) is 16.9. The quantitative estimate of drug-likeness (QED) is 0.243. The molecule has 31 heavy (non-hydrogen) atoms. The van der Waals surface area contributed by atoms with E-state index in [1.54, 1.807) is 12.4 Å². The van der Waals surface area contributed by atoms with Crippen molar-refractivity contribution in [1.29, 1.82) is 0 Å². The van der Waals surface area contributed by atoms with E-state index < -0.39 is 17.1 Å². The highest BCUT2D eigenvalue weighted by Gasteiger charge is 2.40. The number of carboxylic acid groups (broad SMARTS) is 1. The van der Waals surface area contributed by atoms with Crippen LogP contribution in [0.25, 0.3) is 10.9 Å². The molecule has 0 bridgehead atoms. The van der Waals surface area contributed by atoms with Gasteiger partial charge in [-0.05, 0) is 30.3 Å². The third-order valence-electron chi connectivity index (χ3n) is 4.72. The minimum Gasteiger partial charge on any atom is -0.478 e. The van der Waals surface area contributed by atoms with Crippen LogP contribution in [-0.4, -0.2) is 44.5 Å². The predicted molar refractivity (Wildman–Crippen MR) is 119 cm³/mol. The Hall–Kier alpha value is -3.92. The monoisotopic (exact) mass is 435 g/mol. The summed E-state index contributed by atoms with van der Waals surface area (Å²) in [4.78, 5) is 40.2. The second kappa shape index (κ2) is 8.44. The summed E-state index contributed by atoms with van der Waals surface area (Å²) in [7, 11) is 0. The van der Waals surface area contributed by atoms with Gasteiger partial charge in [-0.15, -0.1) is 5.10 Å². The maximum absolute atomic E-state index is 12.7. The summed E-state index contributed by atoms with van der Waals surface area (Å²) in [5, 5.41) is 17.2. The number of nitrogens with two attached hydrogens (primary N) is 1. The lowest BCUT2D eigenvalue weighted by molar-refractivity contribution is -0.121. The Labute approximate surface area is 180 Å². The van der Waals surface area contributed by atoms with Crippen LogP contribution in [-0.2, 0) is 9.59 Å². The molecule has 2 amide bonds. The number of aromatic amines is 1. The maximum atomic E-state index is 12.7. The van der Waals surface area contributed by atoms with E-state index in [0.717, 1.165) is 33.1 Å². The fourth-order valence-corrected chi connectivity index (χ4v) is 4.06. The molecule has 0 spiro atoms. The van der Waals surface area contributed by atoms with Crippen molar-refractivity contribution in [2.75, 3.05) is 4.90 Å². The first-order valence-corrected chi connectivity index (χ1v) is 10.1. The van der Waals surface area contributed by atoms with Crippen LogP contribution < -0.4 is 10.6 Å². The molecule has 10 heteroatoms. The molecule has 156 valence electrons. The Bertz CT molecular complexity index is 1230. The van der Waals surface area contributed by atoms with Crippen LogP contribution in [0, 0.1) is 0 Å². The van der Waals surface area contributed by atoms with Gasteiger partial charge in [0.05, 0.1) is 17.5 Å². The molecule has 2 aromatic carbocycles. The number of H-pyrrole nitrogens is 1. The number of carbonyl (C=O) groups is 3. The van der Waals surface area contributed by atoms with Gasteiger partial charge >= 0.3 is 5.97 Å². The van der Waals surface area contributed by atoms with Crippen molar-refractivity contribution in [1.82, 2.24) is 4.98 Å². The molecule has 2 heterocycles. The first-order chi connectivity index (χ1) is 14.9. The first kappa shape index (κ1) is 20.4. The van der Waals surface area contributed by atoms with Crippen molar-refractivity contribution in [3.8, 4) is 0 Å². The van der Waals surface area contributed by atoms with Gasteiger partial charge in [0.15, 0.2) is 5.17 Å². The molecule has 1 saturated heterocycles. The molecule has 1 aliphatic heterocycles. The molecule has 4 N–H and O–H groups in total. The number of aromatic nitrogens is 1. The number of nitrogens with zero attached hydrogens (tertiary/aromatic N) is 3. The van der Waals surface area contributed by atoms with Crippen LogP contribution in [0.4, 0.5) is 5.69 Å². The van der Waals surface area contributed by atoms with E-state index in [9.17, 15) is 14.4 Å². The van der Waals surface area contributed by atoms with Crippen LogP contribution in [0.3, 0.4) is 0 Å². The van der Waals surface area contributed by atoms with Crippen LogP contribution >= 0.6 is 11.8 Å². The van der Waals surface area contributed by atoms with Gasteiger partial charge in [0.2, 0.25) is 11.8 Å². The number of aromatic carboxylic acids is 1. The molecule has 1 atom stereocenters. The van der Waals surface area contributed by atoms with Crippen molar-refractivity contribution in [2.45, 2.75) is 11.7 Å². The summed E-state index contributed by atoms with van der Waals surface area (Å²) in [5.41, 5.74) is 8.10. The summed E-state index contributed by atoms with van der Waals surface area (Å²) in [5.74, 6) is -1.91. The van der Waals surface area contributed by atoms with E-state index in [-0.39, 0.29) is 23.1 Å². The van der Waals surface area contributed by atoms with E-state index in [0.29, 0.717) is 5.69 Å². The van der Waals surface area contributed by atoms with E-state index in [1.165, 1.54) is 24.3 Å². The Morgan fingerprint density at radius 2 is 1.94 bits per heavy atom. The zero-order valence-electron chi connectivity index (χ0n) is 16.1. The van der Waals surface area contributed by atoms with Crippen molar-refractivity contribution < 1.29 is 19.5 Å². The van der Waals surface area contributed by atoms with Crippen LogP contribution in [0.1, 0.15) is 22.3 Å². The number of fused-ring (bicyclic) bond motifs is 1. The van der Waals surface area contributed by atoms with Gasteiger partial charge in [0.25, 0.3) is 0 Å². The average molecular weight is 435 g/mol. The molecule has 0 saturated carbocycles. The third kappa shape index (κ3) is 4.19. The lowest BCUT2D eigenvalue weighted by Gasteiger charge is -2.14. The number of imide groups is 1. The second-order valence-corrected chi connectivity index (χ2v) is 7.93. The van der Waals surface area contributed by atoms with Crippen LogP contribution in [0.2, 0.25) is 0 Å². The number of hydrogen-bond acceptors (Lipinski definition) is 6. The molecular formula is C21H17N5O4S. The molecule has 1 fully saturated rings. The Morgan fingerprint density at radius 1 is 1.19 bits per heavy atom. The van der Waals surface area contributed by atoms with Gasteiger partial charge in [0, 0.05) is 29.1 Å². The number of amidine groups is 1. The number of para-hydroxylation sites is 1. The number of hydrogen-bond donors (Lipinski definition) is 3. The normalized spacial score (nSPS) is 17.2. The molecule has 3 aromatic rings. The molecule has 4 rings (SSSR count). The highest BCUT2D eigenvalue weighted by Crippen LogP contribution is 2.30. The number of amides is 2. The van der Waals surface area contributed by atoms with Gasteiger partial charge in [-0.3, -0.25) is 9.59 Å². The fraction of sp³-hybridized carbons (Fsp3) is 0.0952. The first-order valence-electron chi connectivity index (χ1n) is 9.23. The molecule has 1 unspecified atom stereocenters. The van der Waals surface area contributed by atoms with Gasteiger partial charge in [0.1, 0.15) is 5.25 Å². The second-order valence-electron chi connectivity index (χ2n) is 6.70. The smallest absolute Gasteiger partial charge is 0.335 e. The minimum absolute atomic E-state index is 0.0352. The number of nitrogens with one attached hydrogen (secondary N) is 1. The van der Waals surface area contributed by atoms with Crippen LogP contribution in [0.5, 0.6) is 0 Å². The Balaban J connectivity index is 1.43. The van der Waals surface area contributed by atoms with Crippen molar-refractivity contribution in [3.63, 3.8) is 0 Å². The SMILES string of the molecule is NC(=NN=Cc1c[nH]c2ccccc12)SC1CC(=O)N(c2ccc(C(=O)O)cc2)C1=O. The zero-order chi connectivity index (χ0) is 22.0. The maximum Gasteiger partial charge on any atom is 0.335 e. The Kier molecular flexibility index (Phi) is 5.54. The molecule has 9 nitrogen and oxygen atoms in total. The van der Waals surface area contributed by atoms with Crippen molar-refractivity contribution in [3.05, 3.63) is 65.9 Å². The average Bonchev–Trinajstić information content (AvgIpc) is 3.28. The highest BCUT2D eigenvalue weighted by molar-refractivity contribution is 8.14. The summed E-state index contributed by atoms with van der Waals surface area (Å²) in [6.07, 6.45) is 3.33. The fourth-order valence-electron chi connectivity index (χ4n) is 3.24. The number of anilines is 1. The largest absolute Gasteiger partial charge is 0.478 e. The minimum atomic E-state index is -1.09. The molecule has 0 aliphatic carbocycles. The lowest BCUT2D eigenvalue weighted by Crippen LogP contribution is -2.31. The predicted octanol–water partition coefficient (Wildman–Crippen LogP) is 2.58. The summed E-state index contributed by atoms with van der Waals surface area (Å²) < 4.78 is 0. The van der Waals surface area contributed by atoms with Crippen molar-refractivity contribution in [2.24, 2.45) is 15.9 Å². The van der Waals surface area contributed by atoms with Gasteiger partial charge < -0.3 is 15.8 Å². The number of thioether (sulfide) groups is 1. The van der Waals surface area contributed by atoms with Crippen LogP contribution in [0.15, 0.2) is 64.9 Å². The third-order valence-corrected chi connectivity index (χ3v) is 5.69. The number of carboxylic acids is 1. The van der Waals surface area contributed by atoms with E-state index in [4.69, 9.17) is 10.8 Å². The highest BCUT2D eigenvalue weighted by atomic mass is 32.2. The van der Waals surface area contributed by atoms with Gasteiger partial charge in [-0.2, -0.15) is 5.10 Å².